The maximum absolute atomic E-state index is 13.7. The summed E-state index contributed by atoms with van der Waals surface area (Å²) in [6, 6.07) is 12.7. The first kappa shape index (κ1) is 14.0. The Morgan fingerprint density at radius 2 is 1.87 bits per heavy atom. The minimum Gasteiger partial charge on any atom is -0.207 e. The largest absolute Gasteiger partial charge is 0.234 e. The average Bonchev–Trinajstić information content (AvgIpc) is 3.09. The van der Waals surface area contributed by atoms with Crippen molar-refractivity contribution in [1.82, 2.24) is 19.8 Å². The van der Waals surface area contributed by atoms with E-state index in [1.54, 1.807) is 34.8 Å². The molecule has 0 aliphatic carbocycles. The fourth-order valence-corrected chi connectivity index (χ4v) is 3.20. The van der Waals surface area contributed by atoms with Crippen LogP contribution in [0.5, 0.6) is 0 Å². The lowest BCUT2D eigenvalue weighted by Gasteiger charge is -1.99. The van der Waals surface area contributed by atoms with Crippen molar-refractivity contribution in [3.05, 3.63) is 70.7 Å². The van der Waals surface area contributed by atoms with Crippen molar-refractivity contribution < 1.29 is 8.78 Å². The zero-order chi connectivity index (χ0) is 15.8. The van der Waals surface area contributed by atoms with Crippen molar-refractivity contribution in [2.45, 2.75) is 6.42 Å². The van der Waals surface area contributed by atoms with Gasteiger partial charge in [0.05, 0.1) is 0 Å². The average molecular weight is 328 g/mol. The zero-order valence-electron chi connectivity index (χ0n) is 11.8. The van der Waals surface area contributed by atoms with Gasteiger partial charge in [-0.15, -0.1) is 10.2 Å². The molecule has 0 aliphatic rings. The number of aromatic nitrogens is 4. The summed E-state index contributed by atoms with van der Waals surface area (Å²) < 4.78 is 28.7. The van der Waals surface area contributed by atoms with E-state index in [0.717, 1.165) is 5.01 Å². The standard InChI is InChI=1S/C16H10F2N4S/c17-12-6-3-5-11(8-12)15-19-20-16-22(15)21-14(23-16)9-10-4-1-2-7-13(10)18/h1-8H,9H2. The smallest absolute Gasteiger partial charge is 0.207 e. The molecule has 0 amide bonds. The third-order valence-corrected chi connectivity index (χ3v) is 4.31. The third kappa shape index (κ3) is 2.59. The lowest BCUT2D eigenvalue weighted by atomic mass is 10.1. The normalized spacial score (nSPS) is 11.2. The molecule has 2 aromatic heterocycles. The predicted molar refractivity (Wildman–Crippen MR) is 83.3 cm³/mol. The zero-order valence-corrected chi connectivity index (χ0v) is 12.6. The molecule has 4 rings (SSSR count). The minimum absolute atomic E-state index is 0.260. The van der Waals surface area contributed by atoms with Crippen LogP contribution in [0.2, 0.25) is 0 Å². The monoisotopic (exact) mass is 328 g/mol. The van der Waals surface area contributed by atoms with Crippen LogP contribution in [0.25, 0.3) is 16.3 Å². The Hall–Kier alpha value is -2.67. The lowest BCUT2D eigenvalue weighted by molar-refractivity contribution is 0.613. The van der Waals surface area contributed by atoms with Gasteiger partial charge < -0.3 is 0 Å². The highest BCUT2D eigenvalue weighted by Gasteiger charge is 2.15. The lowest BCUT2D eigenvalue weighted by Crippen LogP contribution is -1.95. The Balaban J connectivity index is 1.74. The van der Waals surface area contributed by atoms with Gasteiger partial charge in [0.2, 0.25) is 4.96 Å². The molecule has 0 bridgehead atoms. The molecular weight excluding hydrogens is 318 g/mol. The van der Waals surface area contributed by atoms with Gasteiger partial charge in [0.25, 0.3) is 0 Å². The molecule has 2 aromatic carbocycles. The van der Waals surface area contributed by atoms with E-state index in [1.165, 1.54) is 29.5 Å². The van der Waals surface area contributed by atoms with Crippen LogP contribution in [0, 0.1) is 11.6 Å². The fourth-order valence-electron chi connectivity index (χ4n) is 2.34. The summed E-state index contributed by atoms with van der Waals surface area (Å²) in [5.41, 5.74) is 1.17. The second-order valence-electron chi connectivity index (χ2n) is 4.99. The highest BCUT2D eigenvalue weighted by molar-refractivity contribution is 7.16. The number of rotatable bonds is 3. The van der Waals surface area contributed by atoms with E-state index in [0.29, 0.717) is 28.3 Å². The number of hydrogen-bond acceptors (Lipinski definition) is 4. The van der Waals surface area contributed by atoms with Gasteiger partial charge in [0.1, 0.15) is 16.6 Å². The topological polar surface area (TPSA) is 43.1 Å². The summed E-state index contributed by atoms with van der Waals surface area (Å²) in [7, 11) is 0. The van der Waals surface area contributed by atoms with E-state index >= 15 is 0 Å². The maximum Gasteiger partial charge on any atom is 0.234 e. The van der Waals surface area contributed by atoms with Crippen LogP contribution in [-0.4, -0.2) is 19.8 Å². The second-order valence-corrected chi connectivity index (χ2v) is 6.03. The molecule has 0 aliphatic heterocycles. The number of hydrogen-bond donors (Lipinski definition) is 0. The first-order valence-electron chi connectivity index (χ1n) is 6.91. The highest BCUT2D eigenvalue weighted by Crippen LogP contribution is 2.24. The second kappa shape index (κ2) is 5.51. The highest BCUT2D eigenvalue weighted by atomic mass is 32.1. The fraction of sp³-hybridized carbons (Fsp3) is 0.0625. The first-order chi connectivity index (χ1) is 11.2. The van der Waals surface area contributed by atoms with Crippen LogP contribution in [0.1, 0.15) is 10.6 Å². The molecule has 0 N–H and O–H groups in total. The summed E-state index contributed by atoms with van der Waals surface area (Å²) in [5.74, 6) is -0.139. The molecule has 4 nitrogen and oxygen atoms in total. The predicted octanol–water partition coefficient (Wildman–Crippen LogP) is 3.72. The van der Waals surface area contributed by atoms with Gasteiger partial charge in [0, 0.05) is 12.0 Å². The van der Waals surface area contributed by atoms with E-state index in [1.807, 2.05) is 0 Å². The van der Waals surface area contributed by atoms with Crippen LogP contribution in [-0.2, 0) is 6.42 Å². The van der Waals surface area contributed by atoms with Gasteiger partial charge in [-0.1, -0.05) is 41.7 Å². The van der Waals surface area contributed by atoms with Crippen LogP contribution in [0.15, 0.2) is 48.5 Å². The van der Waals surface area contributed by atoms with Gasteiger partial charge in [-0.25, -0.2) is 8.78 Å². The summed E-state index contributed by atoms with van der Waals surface area (Å²) in [6.45, 7) is 0. The van der Waals surface area contributed by atoms with E-state index in [2.05, 4.69) is 15.3 Å². The molecule has 7 heteroatoms. The number of benzene rings is 2. The molecular formula is C16H10F2N4S. The molecule has 4 aromatic rings. The SMILES string of the molecule is Fc1cccc(-c2nnc3sc(Cc4ccccc4F)nn23)c1. The number of fused-ring (bicyclic) bond motifs is 1. The van der Waals surface area contributed by atoms with E-state index < -0.39 is 0 Å². The van der Waals surface area contributed by atoms with Crippen LogP contribution >= 0.6 is 11.3 Å². The van der Waals surface area contributed by atoms with Crippen LogP contribution in [0.4, 0.5) is 8.78 Å². The maximum atomic E-state index is 13.7. The first-order valence-corrected chi connectivity index (χ1v) is 7.73. The molecule has 23 heavy (non-hydrogen) atoms. The minimum atomic E-state index is -0.346. The number of nitrogens with zero attached hydrogens (tertiary/aromatic N) is 4. The molecule has 2 heterocycles. The molecule has 114 valence electrons. The van der Waals surface area contributed by atoms with Crippen molar-refractivity contribution in [3.8, 4) is 11.4 Å². The third-order valence-electron chi connectivity index (χ3n) is 3.42. The van der Waals surface area contributed by atoms with Crippen molar-refractivity contribution in [2.24, 2.45) is 0 Å². The van der Waals surface area contributed by atoms with Gasteiger partial charge >= 0.3 is 0 Å². The summed E-state index contributed by atoms with van der Waals surface area (Å²) in [6.07, 6.45) is 0.378. The van der Waals surface area contributed by atoms with Crippen molar-refractivity contribution in [3.63, 3.8) is 0 Å². The quantitative estimate of drug-likeness (QED) is 0.576. The van der Waals surface area contributed by atoms with E-state index in [4.69, 9.17) is 0 Å². The van der Waals surface area contributed by atoms with Gasteiger partial charge in [0.15, 0.2) is 5.82 Å². The van der Waals surface area contributed by atoms with Gasteiger partial charge in [-0.3, -0.25) is 0 Å². The summed E-state index contributed by atoms with van der Waals surface area (Å²) >= 11 is 1.34. The molecule has 0 saturated carbocycles. The Morgan fingerprint density at radius 3 is 2.70 bits per heavy atom. The molecule has 0 unspecified atom stereocenters. The van der Waals surface area contributed by atoms with Gasteiger partial charge in [-0.2, -0.15) is 9.61 Å². The van der Waals surface area contributed by atoms with Crippen molar-refractivity contribution in [1.29, 1.82) is 0 Å². The van der Waals surface area contributed by atoms with Gasteiger partial charge in [-0.05, 0) is 23.8 Å². The van der Waals surface area contributed by atoms with Crippen LogP contribution in [0.3, 0.4) is 0 Å². The van der Waals surface area contributed by atoms with Crippen molar-refractivity contribution >= 4 is 16.3 Å². The molecule has 0 radical (unpaired) electrons. The molecule has 0 atom stereocenters. The Labute approximate surface area is 134 Å². The number of halogens is 2. The van der Waals surface area contributed by atoms with Crippen LogP contribution < -0.4 is 0 Å². The Bertz CT molecular complexity index is 993. The summed E-state index contributed by atoms with van der Waals surface area (Å²) in [5, 5.41) is 13.3. The van der Waals surface area contributed by atoms with Crippen molar-refractivity contribution in [2.75, 3.05) is 0 Å². The van der Waals surface area contributed by atoms with E-state index in [9.17, 15) is 8.78 Å². The Morgan fingerprint density at radius 1 is 1.00 bits per heavy atom. The summed E-state index contributed by atoms with van der Waals surface area (Å²) in [4.78, 5) is 0.593. The Kier molecular flexibility index (Phi) is 3.34. The molecule has 0 fully saturated rings. The van der Waals surface area contributed by atoms with E-state index in [-0.39, 0.29) is 11.6 Å². The molecule has 0 saturated heterocycles. The molecule has 0 spiro atoms.